The van der Waals surface area contributed by atoms with Crippen LogP contribution in [-0.2, 0) is 9.53 Å². The van der Waals surface area contributed by atoms with Crippen molar-refractivity contribution in [3.63, 3.8) is 0 Å². The van der Waals surface area contributed by atoms with Crippen LogP contribution < -0.4 is 5.73 Å². The topological polar surface area (TPSA) is 55.6 Å². The Labute approximate surface area is 143 Å². The molecule has 130 valence electrons. The molecule has 0 spiro atoms. The Kier molecular flexibility index (Phi) is 6.57. The Morgan fingerprint density at radius 1 is 1.30 bits per heavy atom. The minimum Gasteiger partial charge on any atom is -0.367 e. The monoisotopic (exact) mass is 344 g/mol. The number of hydrogen-bond donors (Lipinski definition) is 1. The second-order valence-corrected chi connectivity index (χ2v) is 7.07. The Hall–Kier alpha value is -1.17. The lowest BCUT2D eigenvalue weighted by atomic mass is 9.86. The first-order valence-electron chi connectivity index (χ1n) is 7.64. The third-order valence-corrected chi connectivity index (χ3v) is 4.01. The SMILES string of the molecule is CC1CN(C(=O)[C@@H](N)C(C)(C)C)CC(c2ccc(F)cc2)O1.Cl. The maximum Gasteiger partial charge on any atom is 0.240 e. The number of carbonyl (C=O) groups is 1. The number of morpholine rings is 1. The molecule has 0 radical (unpaired) electrons. The molecule has 1 heterocycles. The molecule has 1 amide bonds. The van der Waals surface area contributed by atoms with Crippen LogP contribution in [0.5, 0.6) is 0 Å². The van der Waals surface area contributed by atoms with Crippen LogP contribution in [0.2, 0.25) is 0 Å². The maximum absolute atomic E-state index is 13.1. The quantitative estimate of drug-likeness (QED) is 0.897. The van der Waals surface area contributed by atoms with Gasteiger partial charge in [-0.3, -0.25) is 4.79 Å². The van der Waals surface area contributed by atoms with E-state index in [1.54, 1.807) is 17.0 Å². The van der Waals surface area contributed by atoms with Crippen molar-refractivity contribution in [1.82, 2.24) is 4.90 Å². The zero-order chi connectivity index (χ0) is 16.5. The van der Waals surface area contributed by atoms with E-state index in [-0.39, 0.29) is 41.8 Å². The summed E-state index contributed by atoms with van der Waals surface area (Å²) in [6.07, 6.45) is -0.333. The number of ether oxygens (including phenoxy) is 1. The van der Waals surface area contributed by atoms with Crippen molar-refractivity contribution in [2.24, 2.45) is 11.1 Å². The average Bonchev–Trinajstić information content (AvgIpc) is 2.44. The first-order valence-corrected chi connectivity index (χ1v) is 7.64. The fourth-order valence-corrected chi connectivity index (χ4v) is 2.56. The number of amides is 1. The van der Waals surface area contributed by atoms with Crippen LogP contribution in [0.4, 0.5) is 4.39 Å². The normalized spacial score (nSPS) is 23.1. The van der Waals surface area contributed by atoms with Gasteiger partial charge in [-0.05, 0) is 30.0 Å². The lowest BCUT2D eigenvalue weighted by Gasteiger charge is -2.40. The van der Waals surface area contributed by atoms with Gasteiger partial charge in [-0.25, -0.2) is 4.39 Å². The first-order chi connectivity index (χ1) is 10.2. The van der Waals surface area contributed by atoms with Crippen molar-refractivity contribution in [2.45, 2.75) is 45.9 Å². The fourth-order valence-electron chi connectivity index (χ4n) is 2.56. The summed E-state index contributed by atoms with van der Waals surface area (Å²) in [5.41, 5.74) is 6.68. The molecule has 4 nitrogen and oxygen atoms in total. The van der Waals surface area contributed by atoms with Gasteiger partial charge in [-0.1, -0.05) is 32.9 Å². The highest BCUT2D eigenvalue weighted by molar-refractivity contribution is 5.85. The highest BCUT2D eigenvalue weighted by Gasteiger charge is 2.35. The number of carbonyl (C=O) groups excluding carboxylic acids is 1. The number of rotatable bonds is 2. The van der Waals surface area contributed by atoms with Crippen molar-refractivity contribution in [3.05, 3.63) is 35.6 Å². The third-order valence-electron chi connectivity index (χ3n) is 4.01. The fraction of sp³-hybridized carbons (Fsp3) is 0.588. The van der Waals surface area contributed by atoms with Crippen molar-refractivity contribution in [2.75, 3.05) is 13.1 Å². The summed E-state index contributed by atoms with van der Waals surface area (Å²) < 4.78 is 19.0. The molecule has 1 aromatic rings. The molecule has 2 unspecified atom stereocenters. The van der Waals surface area contributed by atoms with E-state index in [0.29, 0.717) is 13.1 Å². The van der Waals surface area contributed by atoms with Crippen LogP contribution in [0.3, 0.4) is 0 Å². The number of halogens is 2. The number of nitrogens with zero attached hydrogens (tertiary/aromatic N) is 1. The van der Waals surface area contributed by atoms with Crippen LogP contribution in [0.1, 0.15) is 39.4 Å². The van der Waals surface area contributed by atoms with Gasteiger partial charge >= 0.3 is 0 Å². The van der Waals surface area contributed by atoms with Crippen LogP contribution in [-0.4, -0.2) is 36.0 Å². The lowest BCUT2D eigenvalue weighted by molar-refractivity contribution is -0.148. The zero-order valence-electron chi connectivity index (χ0n) is 14.1. The van der Waals surface area contributed by atoms with Crippen molar-refractivity contribution in [1.29, 1.82) is 0 Å². The van der Waals surface area contributed by atoms with Crippen molar-refractivity contribution >= 4 is 18.3 Å². The van der Waals surface area contributed by atoms with Crippen LogP contribution in [0.25, 0.3) is 0 Å². The van der Waals surface area contributed by atoms with Crippen LogP contribution in [0, 0.1) is 11.2 Å². The van der Waals surface area contributed by atoms with Gasteiger partial charge < -0.3 is 15.4 Å². The highest BCUT2D eigenvalue weighted by Crippen LogP contribution is 2.27. The summed E-state index contributed by atoms with van der Waals surface area (Å²) in [5, 5.41) is 0. The van der Waals surface area contributed by atoms with Gasteiger partial charge in [-0.15, -0.1) is 12.4 Å². The van der Waals surface area contributed by atoms with E-state index in [0.717, 1.165) is 5.56 Å². The molecule has 3 atom stereocenters. The summed E-state index contributed by atoms with van der Waals surface area (Å²) in [6, 6.07) is 5.66. The van der Waals surface area contributed by atoms with E-state index in [1.807, 2.05) is 27.7 Å². The Morgan fingerprint density at radius 3 is 2.39 bits per heavy atom. The van der Waals surface area contributed by atoms with Gasteiger partial charge in [0, 0.05) is 6.54 Å². The number of hydrogen-bond acceptors (Lipinski definition) is 3. The second kappa shape index (κ2) is 7.60. The summed E-state index contributed by atoms with van der Waals surface area (Å²) in [5.74, 6) is -0.343. The standard InChI is InChI=1S/C17H25FN2O2.ClH/c1-11-9-20(16(21)15(19)17(2,3)4)10-14(22-11)12-5-7-13(18)8-6-12;/h5-8,11,14-15H,9-10,19H2,1-4H3;1H/t11?,14?,15-;/m1./s1. The molecule has 1 aromatic carbocycles. The van der Waals surface area contributed by atoms with Gasteiger partial charge in [0.05, 0.1) is 18.7 Å². The lowest BCUT2D eigenvalue weighted by Crippen LogP contribution is -2.55. The number of nitrogens with two attached hydrogens (primary N) is 1. The molecule has 1 aliphatic rings. The first kappa shape index (κ1) is 19.9. The van der Waals surface area contributed by atoms with E-state index in [9.17, 15) is 9.18 Å². The van der Waals surface area contributed by atoms with Gasteiger partial charge in [0.1, 0.15) is 11.9 Å². The second-order valence-electron chi connectivity index (χ2n) is 7.07. The van der Waals surface area contributed by atoms with Crippen LogP contribution in [0.15, 0.2) is 24.3 Å². The molecule has 1 saturated heterocycles. The van der Waals surface area contributed by atoms with E-state index in [1.165, 1.54) is 12.1 Å². The highest BCUT2D eigenvalue weighted by atomic mass is 35.5. The van der Waals surface area contributed by atoms with Crippen molar-refractivity contribution < 1.29 is 13.9 Å². The molecule has 1 fully saturated rings. The minimum absolute atomic E-state index is 0. The molecule has 0 bridgehead atoms. The molecule has 0 aliphatic carbocycles. The van der Waals surface area contributed by atoms with Gasteiger partial charge in [0.15, 0.2) is 0 Å². The Morgan fingerprint density at radius 2 is 1.87 bits per heavy atom. The average molecular weight is 345 g/mol. The molecular formula is C17H26ClFN2O2. The van der Waals surface area contributed by atoms with E-state index >= 15 is 0 Å². The van der Waals surface area contributed by atoms with Crippen molar-refractivity contribution in [3.8, 4) is 0 Å². The Balaban J connectivity index is 0.00000264. The Bertz CT molecular complexity index is 530. The summed E-state index contributed by atoms with van der Waals surface area (Å²) >= 11 is 0. The van der Waals surface area contributed by atoms with E-state index < -0.39 is 6.04 Å². The third kappa shape index (κ3) is 4.90. The van der Waals surface area contributed by atoms with E-state index in [4.69, 9.17) is 10.5 Å². The minimum atomic E-state index is -0.549. The summed E-state index contributed by atoms with van der Waals surface area (Å²) in [7, 11) is 0. The maximum atomic E-state index is 13.1. The molecule has 1 aliphatic heterocycles. The molecular weight excluding hydrogens is 319 g/mol. The zero-order valence-corrected chi connectivity index (χ0v) is 14.9. The molecule has 2 rings (SSSR count). The van der Waals surface area contributed by atoms with Crippen LogP contribution >= 0.6 is 12.4 Å². The van der Waals surface area contributed by atoms with Gasteiger partial charge in [0.2, 0.25) is 5.91 Å². The summed E-state index contributed by atoms with van der Waals surface area (Å²) in [6.45, 7) is 8.77. The molecule has 2 N–H and O–H groups in total. The molecule has 23 heavy (non-hydrogen) atoms. The van der Waals surface area contributed by atoms with E-state index in [2.05, 4.69) is 0 Å². The van der Waals surface area contributed by atoms with Gasteiger partial charge in [-0.2, -0.15) is 0 Å². The predicted molar refractivity (Wildman–Crippen MR) is 90.9 cm³/mol. The molecule has 6 heteroatoms. The summed E-state index contributed by atoms with van der Waals surface area (Å²) in [4.78, 5) is 14.4. The molecule has 0 saturated carbocycles. The van der Waals surface area contributed by atoms with Gasteiger partial charge in [0.25, 0.3) is 0 Å². The molecule has 0 aromatic heterocycles. The largest absolute Gasteiger partial charge is 0.367 e. The smallest absolute Gasteiger partial charge is 0.240 e. The number of benzene rings is 1. The predicted octanol–water partition coefficient (Wildman–Crippen LogP) is 2.91.